The predicted molar refractivity (Wildman–Crippen MR) is 110 cm³/mol. The van der Waals surface area contributed by atoms with Crippen LogP contribution in [0.5, 0.6) is 5.75 Å². The molecule has 0 aliphatic heterocycles. The molecule has 0 saturated carbocycles. The summed E-state index contributed by atoms with van der Waals surface area (Å²) < 4.78 is 0. The van der Waals surface area contributed by atoms with E-state index in [9.17, 15) is 5.11 Å². The number of benzene rings is 3. The van der Waals surface area contributed by atoms with Gasteiger partial charge in [-0.1, -0.05) is 87.5 Å². The van der Waals surface area contributed by atoms with Crippen molar-refractivity contribution < 1.29 is 5.11 Å². The van der Waals surface area contributed by atoms with Crippen molar-refractivity contribution in [3.8, 4) is 5.75 Å². The Hall–Kier alpha value is -2.54. The van der Waals surface area contributed by atoms with Gasteiger partial charge in [0.05, 0.1) is 0 Å². The minimum atomic E-state index is 0.0364. The van der Waals surface area contributed by atoms with Crippen LogP contribution >= 0.6 is 0 Å². The van der Waals surface area contributed by atoms with Gasteiger partial charge in [0, 0.05) is 18.4 Å². The fourth-order valence-electron chi connectivity index (χ4n) is 3.63. The Kier molecular flexibility index (Phi) is 5.18. The second-order valence-corrected chi connectivity index (χ2v) is 8.11. The first kappa shape index (κ1) is 18.3. The third-order valence-corrected chi connectivity index (χ3v) is 5.03. The Morgan fingerprint density at radius 2 is 1.27 bits per heavy atom. The van der Waals surface area contributed by atoms with E-state index in [0.717, 1.165) is 24.0 Å². The molecule has 1 N–H and O–H groups in total. The molecule has 3 aromatic carbocycles. The lowest BCUT2D eigenvalue weighted by Gasteiger charge is -2.26. The second-order valence-electron chi connectivity index (χ2n) is 8.11. The van der Waals surface area contributed by atoms with E-state index in [2.05, 4.69) is 82.3 Å². The first-order chi connectivity index (χ1) is 12.4. The molecule has 0 atom stereocenters. The summed E-state index contributed by atoms with van der Waals surface area (Å²) in [5, 5.41) is 11.1. The van der Waals surface area contributed by atoms with Crippen molar-refractivity contribution in [3.63, 3.8) is 0 Å². The number of phenols is 1. The smallest absolute Gasteiger partial charge is 0.122 e. The molecule has 134 valence electrons. The zero-order valence-electron chi connectivity index (χ0n) is 16.2. The molecule has 1 heteroatoms. The zero-order chi connectivity index (χ0) is 18.7. The topological polar surface area (TPSA) is 20.2 Å². The molecular weight excluding hydrogens is 316 g/mol. The number of hydrogen-bond donors (Lipinski definition) is 1. The maximum atomic E-state index is 11.1. The molecule has 0 unspecified atom stereocenters. The SMILES string of the molecule is Cc1c(C(C)(C)C)cc(Cc2ccccc2)c(O)c1Cc1ccccc1. The molecule has 0 radical (unpaired) electrons. The number of aromatic hydroxyl groups is 1. The largest absolute Gasteiger partial charge is 0.507 e. The fraction of sp³-hybridized carbons (Fsp3) is 0.280. The zero-order valence-corrected chi connectivity index (χ0v) is 16.2. The highest BCUT2D eigenvalue weighted by molar-refractivity contribution is 5.54. The van der Waals surface area contributed by atoms with Crippen LogP contribution < -0.4 is 0 Å². The number of rotatable bonds is 4. The molecule has 3 aromatic rings. The molecule has 0 aliphatic rings. The van der Waals surface area contributed by atoms with E-state index < -0.39 is 0 Å². The van der Waals surface area contributed by atoms with Gasteiger partial charge in [-0.3, -0.25) is 0 Å². The van der Waals surface area contributed by atoms with Gasteiger partial charge in [0.2, 0.25) is 0 Å². The molecule has 0 aliphatic carbocycles. The van der Waals surface area contributed by atoms with Crippen molar-refractivity contribution in [2.75, 3.05) is 0 Å². The molecule has 26 heavy (non-hydrogen) atoms. The third-order valence-electron chi connectivity index (χ3n) is 5.03. The fourth-order valence-corrected chi connectivity index (χ4v) is 3.63. The summed E-state index contributed by atoms with van der Waals surface area (Å²) in [5.74, 6) is 0.447. The molecule has 0 heterocycles. The number of hydrogen-bond acceptors (Lipinski definition) is 1. The van der Waals surface area contributed by atoms with Crippen LogP contribution in [-0.2, 0) is 18.3 Å². The van der Waals surface area contributed by atoms with Crippen LogP contribution in [0.2, 0.25) is 0 Å². The van der Waals surface area contributed by atoms with Gasteiger partial charge in [-0.25, -0.2) is 0 Å². The highest BCUT2D eigenvalue weighted by Gasteiger charge is 2.22. The highest BCUT2D eigenvalue weighted by atomic mass is 16.3. The Balaban J connectivity index is 2.11. The molecule has 0 bridgehead atoms. The van der Waals surface area contributed by atoms with E-state index in [0.29, 0.717) is 5.75 Å². The number of phenolic OH excluding ortho intramolecular Hbond substituents is 1. The summed E-state index contributed by atoms with van der Waals surface area (Å²) in [6.45, 7) is 8.87. The van der Waals surface area contributed by atoms with E-state index in [4.69, 9.17) is 0 Å². The lowest BCUT2D eigenvalue weighted by Crippen LogP contribution is -2.15. The van der Waals surface area contributed by atoms with Gasteiger partial charge < -0.3 is 5.11 Å². The lowest BCUT2D eigenvalue weighted by molar-refractivity contribution is 0.460. The molecule has 3 rings (SSSR count). The average molecular weight is 344 g/mol. The normalized spacial score (nSPS) is 11.5. The van der Waals surface area contributed by atoms with E-state index >= 15 is 0 Å². The van der Waals surface area contributed by atoms with Crippen LogP contribution in [0.25, 0.3) is 0 Å². The summed E-state index contributed by atoms with van der Waals surface area (Å²) in [4.78, 5) is 0. The van der Waals surface area contributed by atoms with Gasteiger partial charge in [-0.2, -0.15) is 0 Å². The molecule has 0 saturated heterocycles. The lowest BCUT2D eigenvalue weighted by atomic mass is 9.79. The van der Waals surface area contributed by atoms with Crippen molar-refractivity contribution >= 4 is 0 Å². The van der Waals surface area contributed by atoms with E-state index in [1.807, 2.05) is 12.1 Å². The Bertz CT molecular complexity index is 872. The monoisotopic (exact) mass is 344 g/mol. The first-order valence-electron chi connectivity index (χ1n) is 9.29. The molecule has 0 amide bonds. The van der Waals surface area contributed by atoms with Crippen LogP contribution in [0, 0.1) is 6.92 Å². The van der Waals surface area contributed by atoms with Crippen molar-refractivity contribution in [2.45, 2.75) is 46.0 Å². The van der Waals surface area contributed by atoms with Gasteiger partial charge in [0.15, 0.2) is 0 Å². The van der Waals surface area contributed by atoms with E-state index in [1.54, 1.807) is 0 Å². The van der Waals surface area contributed by atoms with Crippen molar-refractivity contribution in [1.82, 2.24) is 0 Å². The van der Waals surface area contributed by atoms with Crippen LogP contribution in [0.4, 0.5) is 0 Å². The van der Waals surface area contributed by atoms with E-state index in [-0.39, 0.29) is 5.41 Å². The minimum Gasteiger partial charge on any atom is -0.507 e. The van der Waals surface area contributed by atoms with Crippen LogP contribution in [-0.4, -0.2) is 5.11 Å². The predicted octanol–water partition coefficient (Wildman–Crippen LogP) is 6.18. The van der Waals surface area contributed by atoms with Crippen molar-refractivity contribution in [1.29, 1.82) is 0 Å². The highest BCUT2D eigenvalue weighted by Crippen LogP contribution is 2.37. The Morgan fingerprint density at radius 3 is 1.77 bits per heavy atom. The van der Waals surface area contributed by atoms with Gasteiger partial charge in [-0.15, -0.1) is 0 Å². The molecule has 0 aromatic heterocycles. The van der Waals surface area contributed by atoms with Crippen molar-refractivity contribution in [2.24, 2.45) is 0 Å². The van der Waals surface area contributed by atoms with Crippen molar-refractivity contribution in [3.05, 3.63) is 100 Å². The third kappa shape index (κ3) is 3.99. The summed E-state index contributed by atoms with van der Waals surface area (Å²) in [6, 6.07) is 23.0. The molecular formula is C25H28O. The van der Waals surface area contributed by atoms with E-state index in [1.165, 1.54) is 22.3 Å². The first-order valence-corrected chi connectivity index (χ1v) is 9.29. The van der Waals surface area contributed by atoms with Gasteiger partial charge in [0.25, 0.3) is 0 Å². The maximum Gasteiger partial charge on any atom is 0.122 e. The second kappa shape index (κ2) is 7.37. The van der Waals surface area contributed by atoms with Crippen LogP contribution in [0.15, 0.2) is 66.7 Å². The van der Waals surface area contributed by atoms with Gasteiger partial charge >= 0.3 is 0 Å². The molecule has 0 spiro atoms. The molecule has 0 fully saturated rings. The summed E-state index contributed by atoms with van der Waals surface area (Å²) in [6.07, 6.45) is 1.50. The van der Waals surface area contributed by atoms with Crippen LogP contribution in [0.3, 0.4) is 0 Å². The summed E-state index contributed by atoms with van der Waals surface area (Å²) in [7, 11) is 0. The summed E-state index contributed by atoms with van der Waals surface area (Å²) >= 11 is 0. The maximum absolute atomic E-state index is 11.1. The van der Waals surface area contributed by atoms with Gasteiger partial charge in [-0.05, 0) is 40.2 Å². The Labute approximate surface area is 157 Å². The standard InChI is InChI=1S/C25H28O/c1-18-22(16-20-13-9-6-10-14-20)24(26)21(17-23(18)25(2,3)4)15-19-11-7-5-8-12-19/h5-14,17,26H,15-16H2,1-4H3. The average Bonchev–Trinajstić information content (AvgIpc) is 2.62. The molecule has 1 nitrogen and oxygen atoms in total. The minimum absolute atomic E-state index is 0.0364. The Morgan fingerprint density at radius 1 is 0.769 bits per heavy atom. The quantitative estimate of drug-likeness (QED) is 0.599. The summed E-state index contributed by atoms with van der Waals surface area (Å²) in [5.41, 5.74) is 7.06. The van der Waals surface area contributed by atoms with Gasteiger partial charge in [0.1, 0.15) is 5.75 Å². The van der Waals surface area contributed by atoms with Crippen LogP contribution in [0.1, 0.15) is 54.2 Å².